The van der Waals surface area contributed by atoms with Gasteiger partial charge in [0, 0.05) is 24.7 Å². The van der Waals surface area contributed by atoms with Crippen LogP contribution in [0.4, 0.5) is 0 Å². The van der Waals surface area contributed by atoms with Gasteiger partial charge in [-0.25, -0.2) is 0 Å². The lowest BCUT2D eigenvalue weighted by Crippen LogP contribution is -2.52. The fourth-order valence-electron chi connectivity index (χ4n) is 3.98. The average molecular weight is 236 g/mol. The third kappa shape index (κ3) is 2.85. The van der Waals surface area contributed by atoms with E-state index in [1.165, 1.54) is 57.9 Å². The summed E-state index contributed by atoms with van der Waals surface area (Å²) in [5.74, 6) is 1.99. The summed E-state index contributed by atoms with van der Waals surface area (Å²) in [6.45, 7) is 3.53. The summed E-state index contributed by atoms with van der Waals surface area (Å²) in [6, 6.07) is 2.46. The number of hydrogen-bond donors (Lipinski definition) is 2. The zero-order chi connectivity index (χ0) is 11.7. The average Bonchev–Trinajstić information content (AvgIpc) is 3.15. The van der Waals surface area contributed by atoms with E-state index in [-0.39, 0.29) is 0 Å². The molecule has 5 atom stereocenters. The summed E-state index contributed by atoms with van der Waals surface area (Å²) >= 11 is 0. The molecule has 17 heavy (non-hydrogen) atoms. The van der Waals surface area contributed by atoms with Crippen molar-refractivity contribution in [3.63, 3.8) is 0 Å². The Labute approximate surface area is 106 Å². The van der Waals surface area contributed by atoms with Crippen molar-refractivity contribution >= 4 is 0 Å². The van der Waals surface area contributed by atoms with Gasteiger partial charge in [-0.2, -0.15) is 0 Å². The first kappa shape index (κ1) is 12.0. The van der Waals surface area contributed by atoms with Crippen molar-refractivity contribution in [1.29, 1.82) is 0 Å². The van der Waals surface area contributed by atoms with Crippen molar-refractivity contribution in [2.75, 3.05) is 6.54 Å². The van der Waals surface area contributed by atoms with Crippen LogP contribution in [0.3, 0.4) is 0 Å². The maximum Gasteiger partial charge on any atom is 0.0195 e. The molecule has 0 aromatic carbocycles. The molecule has 3 aliphatic rings. The van der Waals surface area contributed by atoms with Gasteiger partial charge in [0.2, 0.25) is 0 Å². The predicted molar refractivity (Wildman–Crippen MR) is 72.1 cm³/mol. The van der Waals surface area contributed by atoms with E-state index in [9.17, 15) is 0 Å². The van der Waals surface area contributed by atoms with E-state index < -0.39 is 0 Å². The molecule has 1 heterocycles. The maximum absolute atomic E-state index is 3.91. The van der Waals surface area contributed by atoms with Crippen molar-refractivity contribution in [2.45, 2.75) is 76.4 Å². The Morgan fingerprint density at radius 2 is 2.00 bits per heavy atom. The third-order valence-electron chi connectivity index (χ3n) is 5.32. The van der Waals surface area contributed by atoms with Gasteiger partial charge in [-0.1, -0.05) is 26.2 Å². The molecule has 1 saturated heterocycles. The van der Waals surface area contributed by atoms with Crippen molar-refractivity contribution in [3.8, 4) is 0 Å². The zero-order valence-electron chi connectivity index (χ0n) is 11.3. The second kappa shape index (κ2) is 5.27. The quantitative estimate of drug-likeness (QED) is 0.784. The first-order valence-electron chi connectivity index (χ1n) is 7.86. The van der Waals surface area contributed by atoms with Crippen LogP contribution < -0.4 is 10.6 Å². The molecular weight excluding hydrogens is 208 g/mol. The molecule has 0 aromatic heterocycles. The maximum atomic E-state index is 3.91. The van der Waals surface area contributed by atoms with Crippen LogP contribution in [-0.4, -0.2) is 24.7 Å². The molecule has 3 fully saturated rings. The highest BCUT2D eigenvalue weighted by Gasteiger charge is 2.36. The Morgan fingerprint density at radius 3 is 2.82 bits per heavy atom. The molecule has 0 spiro atoms. The molecule has 3 rings (SSSR count). The monoisotopic (exact) mass is 236 g/mol. The number of rotatable bonds is 4. The SMILES string of the molecule is CCC1CC1NCC1CCC2CCCCC2N1. The van der Waals surface area contributed by atoms with Crippen LogP contribution in [0.1, 0.15) is 58.3 Å². The minimum atomic E-state index is 0.757. The molecule has 0 amide bonds. The minimum absolute atomic E-state index is 0.757. The van der Waals surface area contributed by atoms with Crippen LogP contribution in [-0.2, 0) is 0 Å². The van der Waals surface area contributed by atoms with E-state index in [4.69, 9.17) is 0 Å². The smallest absolute Gasteiger partial charge is 0.0195 e. The molecule has 0 aromatic rings. The minimum Gasteiger partial charge on any atom is -0.312 e. The summed E-state index contributed by atoms with van der Waals surface area (Å²) < 4.78 is 0. The fourth-order valence-corrected chi connectivity index (χ4v) is 3.98. The molecule has 2 nitrogen and oxygen atoms in total. The van der Waals surface area contributed by atoms with Gasteiger partial charge in [0.1, 0.15) is 0 Å². The van der Waals surface area contributed by atoms with Crippen LogP contribution in [0.5, 0.6) is 0 Å². The van der Waals surface area contributed by atoms with Gasteiger partial charge in [-0.15, -0.1) is 0 Å². The predicted octanol–water partition coefficient (Wildman–Crippen LogP) is 2.69. The van der Waals surface area contributed by atoms with Crippen molar-refractivity contribution in [2.24, 2.45) is 11.8 Å². The Hall–Kier alpha value is -0.0800. The third-order valence-corrected chi connectivity index (χ3v) is 5.32. The van der Waals surface area contributed by atoms with E-state index in [2.05, 4.69) is 17.6 Å². The highest BCUT2D eigenvalue weighted by atomic mass is 15.1. The summed E-state index contributed by atoms with van der Waals surface area (Å²) in [4.78, 5) is 0. The van der Waals surface area contributed by atoms with Gasteiger partial charge < -0.3 is 10.6 Å². The summed E-state index contributed by atoms with van der Waals surface area (Å²) in [6.07, 6.45) is 11.5. The standard InChI is InChI=1S/C15H28N2/c1-2-11-9-15(11)16-10-13-8-7-12-5-3-4-6-14(12)17-13/h11-17H,2-10H2,1H3. The second-order valence-electron chi connectivity index (χ2n) is 6.51. The van der Waals surface area contributed by atoms with Gasteiger partial charge in [0.25, 0.3) is 0 Å². The fraction of sp³-hybridized carbons (Fsp3) is 1.00. The van der Waals surface area contributed by atoms with Crippen LogP contribution in [0.15, 0.2) is 0 Å². The van der Waals surface area contributed by atoms with E-state index in [0.29, 0.717) is 0 Å². The molecule has 5 unspecified atom stereocenters. The zero-order valence-corrected chi connectivity index (χ0v) is 11.3. The summed E-state index contributed by atoms with van der Waals surface area (Å²) in [5, 5.41) is 7.67. The largest absolute Gasteiger partial charge is 0.312 e. The van der Waals surface area contributed by atoms with E-state index in [1.807, 2.05) is 0 Å². The lowest BCUT2D eigenvalue weighted by atomic mass is 9.78. The first-order chi connectivity index (χ1) is 8.36. The first-order valence-corrected chi connectivity index (χ1v) is 7.86. The van der Waals surface area contributed by atoms with Crippen LogP contribution in [0, 0.1) is 11.8 Å². The highest BCUT2D eigenvalue weighted by Crippen LogP contribution is 2.34. The molecule has 2 aliphatic carbocycles. The number of hydrogen-bond acceptors (Lipinski definition) is 2. The second-order valence-corrected chi connectivity index (χ2v) is 6.51. The van der Waals surface area contributed by atoms with Gasteiger partial charge in [-0.3, -0.25) is 0 Å². The van der Waals surface area contributed by atoms with Gasteiger partial charge in [0.05, 0.1) is 0 Å². The molecule has 2 N–H and O–H groups in total. The number of fused-ring (bicyclic) bond motifs is 1. The van der Waals surface area contributed by atoms with E-state index >= 15 is 0 Å². The summed E-state index contributed by atoms with van der Waals surface area (Å²) in [5.41, 5.74) is 0. The Balaban J connectivity index is 1.40. The van der Waals surface area contributed by atoms with Crippen LogP contribution in [0.25, 0.3) is 0 Å². The normalized spacial score (nSPS) is 45.4. The molecule has 0 radical (unpaired) electrons. The lowest BCUT2D eigenvalue weighted by Gasteiger charge is -2.40. The molecule has 2 saturated carbocycles. The van der Waals surface area contributed by atoms with E-state index in [0.717, 1.165) is 30.0 Å². The molecular formula is C15H28N2. The van der Waals surface area contributed by atoms with Gasteiger partial charge in [-0.05, 0) is 43.9 Å². The number of nitrogens with one attached hydrogen (secondary N) is 2. The Bertz CT molecular complexity index is 253. The van der Waals surface area contributed by atoms with Crippen molar-refractivity contribution < 1.29 is 0 Å². The lowest BCUT2D eigenvalue weighted by molar-refractivity contribution is 0.174. The van der Waals surface area contributed by atoms with Crippen molar-refractivity contribution in [1.82, 2.24) is 10.6 Å². The topological polar surface area (TPSA) is 24.1 Å². The van der Waals surface area contributed by atoms with Crippen LogP contribution in [0.2, 0.25) is 0 Å². The Morgan fingerprint density at radius 1 is 1.12 bits per heavy atom. The molecule has 98 valence electrons. The summed E-state index contributed by atoms with van der Waals surface area (Å²) in [7, 11) is 0. The molecule has 0 bridgehead atoms. The van der Waals surface area contributed by atoms with Crippen molar-refractivity contribution in [3.05, 3.63) is 0 Å². The van der Waals surface area contributed by atoms with Crippen LogP contribution >= 0.6 is 0 Å². The Kier molecular flexibility index (Phi) is 3.72. The van der Waals surface area contributed by atoms with E-state index in [1.54, 1.807) is 0 Å². The molecule has 2 heteroatoms. The van der Waals surface area contributed by atoms with Gasteiger partial charge in [0.15, 0.2) is 0 Å². The highest BCUT2D eigenvalue weighted by molar-refractivity contribution is 4.95. The molecule has 1 aliphatic heterocycles. The van der Waals surface area contributed by atoms with Gasteiger partial charge >= 0.3 is 0 Å². The number of piperidine rings is 1.